The number of halogens is 3. The van der Waals surface area contributed by atoms with Crippen molar-refractivity contribution in [3.63, 3.8) is 0 Å². The van der Waals surface area contributed by atoms with E-state index >= 15 is 0 Å². The predicted molar refractivity (Wildman–Crippen MR) is 54.1 cm³/mol. The summed E-state index contributed by atoms with van der Waals surface area (Å²) in [5.41, 5.74) is 4.92. The first kappa shape index (κ1) is 12.5. The second kappa shape index (κ2) is 4.98. The molecule has 6 heteroatoms. The molecule has 0 spiro atoms. The molecule has 0 heterocycles. The van der Waals surface area contributed by atoms with Gasteiger partial charge in [-0.2, -0.15) is 0 Å². The molecule has 1 aromatic carbocycles. The highest BCUT2D eigenvalue weighted by molar-refractivity contribution is 9.10. The monoisotopic (exact) mass is 281 g/mol. The first-order valence-corrected chi connectivity index (χ1v) is 4.97. The summed E-state index contributed by atoms with van der Waals surface area (Å²) in [5, 5.41) is 18.8. The molecule has 1 aromatic rings. The lowest BCUT2D eigenvalue weighted by Gasteiger charge is -2.18. The van der Waals surface area contributed by atoms with Crippen LogP contribution in [0.15, 0.2) is 16.6 Å². The average Bonchev–Trinajstić information content (AvgIpc) is 2.14. The fourth-order valence-electron chi connectivity index (χ4n) is 1.16. The summed E-state index contributed by atoms with van der Waals surface area (Å²) in [4.78, 5) is 0. The number of rotatable bonds is 3. The van der Waals surface area contributed by atoms with Gasteiger partial charge in [-0.15, -0.1) is 0 Å². The number of nitrogens with two attached hydrogens (primary N) is 1. The minimum Gasteiger partial charge on any atom is -0.389 e. The molecule has 0 aliphatic carbocycles. The lowest BCUT2D eigenvalue weighted by molar-refractivity contribution is 0.0216. The van der Waals surface area contributed by atoms with Crippen LogP contribution in [0.1, 0.15) is 11.7 Å². The van der Waals surface area contributed by atoms with Gasteiger partial charge >= 0.3 is 0 Å². The van der Waals surface area contributed by atoms with Gasteiger partial charge in [-0.1, -0.05) is 15.9 Å². The molecule has 0 saturated carbocycles. The Bertz CT molecular complexity index is 339. The third-order valence-corrected chi connectivity index (χ3v) is 2.60. The third-order valence-electron chi connectivity index (χ3n) is 1.95. The summed E-state index contributed by atoms with van der Waals surface area (Å²) < 4.78 is 26.0. The van der Waals surface area contributed by atoms with Gasteiger partial charge in [0.2, 0.25) is 0 Å². The molecule has 0 bridgehead atoms. The molecule has 0 aromatic heterocycles. The molecular formula is C9H10BrF2NO2. The Hall–Kier alpha value is -0.560. The fourth-order valence-corrected chi connectivity index (χ4v) is 1.80. The van der Waals surface area contributed by atoms with E-state index in [2.05, 4.69) is 15.9 Å². The van der Waals surface area contributed by atoms with Crippen molar-refractivity contribution < 1.29 is 19.0 Å². The SMILES string of the molecule is NCC(O)C(O)c1c(F)cc(F)cc1Br. The van der Waals surface area contributed by atoms with Crippen molar-refractivity contribution in [1.82, 2.24) is 0 Å². The second-order valence-electron chi connectivity index (χ2n) is 3.03. The predicted octanol–water partition coefficient (Wildman–Crippen LogP) is 1.08. The lowest BCUT2D eigenvalue weighted by atomic mass is 10.0. The van der Waals surface area contributed by atoms with Crippen LogP contribution in [0.4, 0.5) is 8.78 Å². The Morgan fingerprint density at radius 3 is 2.40 bits per heavy atom. The van der Waals surface area contributed by atoms with E-state index in [1.54, 1.807) is 0 Å². The zero-order valence-corrected chi connectivity index (χ0v) is 9.21. The molecule has 0 saturated heterocycles. The third kappa shape index (κ3) is 2.72. The van der Waals surface area contributed by atoms with Crippen molar-refractivity contribution in [2.45, 2.75) is 12.2 Å². The van der Waals surface area contributed by atoms with E-state index in [1.165, 1.54) is 0 Å². The van der Waals surface area contributed by atoms with Gasteiger partial charge < -0.3 is 15.9 Å². The van der Waals surface area contributed by atoms with Crippen molar-refractivity contribution in [2.24, 2.45) is 5.73 Å². The number of hydrogen-bond acceptors (Lipinski definition) is 3. The Labute approximate surface area is 93.7 Å². The molecule has 0 aliphatic heterocycles. The number of hydrogen-bond donors (Lipinski definition) is 3. The minimum absolute atomic E-state index is 0.0556. The summed E-state index contributed by atoms with van der Waals surface area (Å²) >= 11 is 2.90. The van der Waals surface area contributed by atoms with E-state index in [9.17, 15) is 19.0 Å². The topological polar surface area (TPSA) is 66.5 Å². The Kier molecular flexibility index (Phi) is 4.15. The summed E-state index contributed by atoms with van der Waals surface area (Å²) in [5.74, 6) is -1.69. The van der Waals surface area contributed by atoms with Crippen molar-refractivity contribution in [3.05, 3.63) is 33.8 Å². The van der Waals surface area contributed by atoms with Gasteiger partial charge in [-0.3, -0.25) is 0 Å². The molecule has 0 radical (unpaired) electrons. The maximum atomic E-state index is 13.3. The van der Waals surface area contributed by atoms with E-state index in [1.807, 2.05) is 0 Å². The van der Waals surface area contributed by atoms with Crippen LogP contribution in [0.25, 0.3) is 0 Å². The van der Waals surface area contributed by atoms with Crippen LogP contribution in [-0.2, 0) is 0 Å². The molecule has 2 atom stereocenters. The van der Waals surface area contributed by atoms with Gasteiger partial charge in [0.1, 0.15) is 17.7 Å². The number of aliphatic hydroxyl groups is 2. The smallest absolute Gasteiger partial charge is 0.133 e. The minimum atomic E-state index is -1.48. The summed E-state index contributed by atoms with van der Waals surface area (Å²) in [7, 11) is 0. The molecule has 15 heavy (non-hydrogen) atoms. The molecule has 3 nitrogen and oxygen atoms in total. The first-order chi connectivity index (χ1) is 6.97. The zero-order valence-electron chi connectivity index (χ0n) is 7.62. The molecule has 0 fully saturated rings. The molecular weight excluding hydrogens is 272 g/mol. The molecule has 4 N–H and O–H groups in total. The van der Waals surface area contributed by atoms with Crippen LogP contribution in [-0.4, -0.2) is 22.9 Å². The molecule has 0 amide bonds. The van der Waals surface area contributed by atoms with Crippen molar-refractivity contribution in [2.75, 3.05) is 6.54 Å². The maximum Gasteiger partial charge on any atom is 0.133 e. The normalized spacial score (nSPS) is 15.1. The van der Waals surface area contributed by atoms with E-state index in [-0.39, 0.29) is 16.6 Å². The highest BCUT2D eigenvalue weighted by Crippen LogP contribution is 2.29. The Balaban J connectivity index is 3.13. The summed E-state index contributed by atoms with van der Waals surface area (Å²) in [6.45, 7) is -0.218. The fraction of sp³-hybridized carbons (Fsp3) is 0.333. The van der Waals surface area contributed by atoms with Crippen molar-refractivity contribution in [3.8, 4) is 0 Å². The largest absolute Gasteiger partial charge is 0.389 e. The Morgan fingerprint density at radius 1 is 1.33 bits per heavy atom. The second-order valence-corrected chi connectivity index (χ2v) is 3.89. The van der Waals surface area contributed by atoms with Crippen molar-refractivity contribution >= 4 is 15.9 Å². The first-order valence-electron chi connectivity index (χ1n) is 4.18. The van der Waals surface area contributed by atoms with Gasteiger partial charge in [0.15, 0.2) is 0 Å². The zero-order chi connectivity index (χ0) is 11.6. The van der Waals surface area contributed by atoms with Gasteiger partial charge in [0, 0.05) is 22.6 Å². The van der Waals surface area contributed by atoms with Crippen LogP contribution in [0.5, 0.6) is 0 Å². The van der Waals surface area contributed by atoms with E-state index < -0.39 is 23.8 Å². The van der Waals surface area contributed by atoms with Crippen LogP contribution < -0.4 is 5.73 Å². The summed E-state index contributed by atoms with van der Waals surface area (Å²) in [6.07, 6.45) is -2.77. The summed E-state index contributed by atoms with van der Waals surface area (Å²) in [6, 6.07) is 1.64. The number of benzene rings is 1. The van der Waals surface area contributed by atoms with E-state index in [4.69, 9.17) is 5.73 Å². The Morgan fingerprint density at radius 2 is 1.93 bits per heavy atom. The van der Waals surface area contributed by atoms with Crippen LogP contribution in [0.2, 0.25) is 0 Å². The highest BCUT2D eigenvalue weighted by atomic mass is 79.9. The van der Waals surface area contributed by atoms with Crippen LogP contribution in [0, 0.1) is 11.6 Å². The average molecular weight is 282 g/mol. The van der Waals surface area contributed by atoms with Gasteiger partial charge in [0.05, 0.1) is 6.10 Å². The van der Waals surface area contributed by atoms with Gasteiger partial charge in [-0.25, -0.2) is 8.78 Å². The molecule has 0 aliphatic rings. The quantitative estimate of drug-likeness (QED) is 0.777. The van der Waals surface area contributed by atoms with E-state index in [0.717, 1.165) is 6.07 Å². The molecule has 1 rings (SSSR count). The lowest BCUT2D eigenvalue weighted by Crippen LogP contribution is -2.28. The number of aliphatic hydroxyl groups excluding tert-OH is 2. The standard InChI is InChI=1S/C9H10BrF2NO2/c10-5-1-4(11)2-6(12)8(5)9(15)7(14)3-13/h1-2,7,9,14-15H,3,13H2. The van der Waals surface area contributed by atoms with Crippen LogP contribution >= 0.6 is 15.9 Å². The van der Waals surface area contributed by atoms with Crippen LogP contribution in [0.3, 0.4) is 0 Å². The van der Waals surface area contributed by atoms with E-state index in [0.29, 0.717) is 6.07 Å². The van der Waals surface area contributed by atoms with Gasteiger partial charge in [-0.05, 0) is 6.07 Å². The molecule has 2 unspecified atom stereocenters. The molecule has 84 valence electrons. The van der Waals surface area contributed by atoms with Gasteiger partial charge in [0.25, 0.3) is 0 Å². The highest BCUT2D eigenvalue weighted by Gasteiger charge is 2.23. The van der Waals surface area contributed by atoms with Crippen molar-refractivity contribution in [1.29, 1.82) is 0 Å². The maximum absolute atomic E-state index is 13.3.